The third-order valence-electron chi connectivity index (χ3n) is 2.89. The number of thiazole rings is 1. The molecular formula is C11H16N2O3S. The third kappa shape index (κ3) is 3.03. The second-order valence-corrected chi connectivity index (χ2v) is 5.02. The molecule has 1 rings (SSSR count). The lowest BCUT2D eigenvalue weighted by atomic mass is 9.88. The number of aliphatic carboxylic acids is 1. The van der Waals surface area contributed by atoms with Gasteiger partial charge in [0.15, 0.2) is 0 Å². The highest BCUT2D eigenvalue weighted by molar-refractivity contribution is 7.11. The van der Waals surface area contributed by atoms with Crippen LogP contribution < -0.4 is 5.32 Å². The molecule has 1 aromatic heterocycles. The molecule has 0 saturated carbocycles. The summed E-state index contributed by atoms with van der Waals surface area (Å²) >= 11 is 1.25. The Bertz CT molecular complexity index is 430. The molecule has 0 aliphatic heterocycles. The van der Waals surface area contributed by atoms with Crippen LogP contribution in [0.1, 0.15) is 35.6 Å². The average molecular weight is 256 g/mol. The summed E-state index contributed by atoms with van der Waals surface area (Å²) in [5, 5.41) is 11.7. The Morgan fingerprint density at radius 1 is 1.59 bits per heavy atom. The van der Waals surface area contributed by atoms with Crippen molar-refractivity contribution in [1.29, 1.82) is 0 Å². The molecule has 0 saturated heterocycles. The fraction of sp³-hybridized carbons (Fsp3) is 0.545. The largest absolute Gasteiger partial charge is 0.481 e. The fourth-order valence-electron chi connectivity index (χ4n) is 1.23. The predicted octanol–water partition coefficient (Wildman–Crippen LogP) is 1.68. The highest BCUT2D eigenvalue weighted by Crippen LogP contribution is 2.20. The number of carbonyl (C=O) groups is 2. The lowest BCUT2D eigenvalue weighted by molar-refractivity contribution is -0.147. The number of carboxylic acid groups (broad SMARTS) is 1. The van der Waals surface area contributed by atoms with E-state index in [1.54, 1.807) is 26.3 Å². The molecular weight excluding hydrogens is 240 g/mol. The van der Waals surface area contributed by atoms with Gasteiger partial charge in [-0.05, 0) is 20.3 Å². The Hall–Kier alpha value is -1.43. The molecule has 1 amide bonds. The van der Waals surface area contributed by atoms with Crippen LogP contribution in [0.15, 0.2) is 5.51 Å². The highest BCUT2D eigenvalue weighted by atomic mass is 32.1. The van der Waals surface area contributed by atoms with E-state index in [-0.39, 0.29) is 12.5 Å². The van der Waals surface area contributed by atoms with Crippen molar-refractivity contribution < 1.29 is 14.7 Å². The summed E-state index contributed by atoms with van der Waals surface area (Å²) in [7, 11) is 0. The van der Waals surface area contributed by atoms with Crippen molar-refractivity contribution in [2.45, 2.75) is 27.2 Å². The van der Waals surface area contributed by atoms with E-state index in [1.807, 2.05) is 0 Å². The number of aromatic nitrogens is 1. The van der Waals surface area contributed by atoms with Gasteiger partial charge in [0.1, 0.15) is 4.88 Å². The Kier molecular flexibility index (Phi) is 4.22. The summed E-state index contributed by atoms with van der Waals surface area (Å²) < 4.78 is 0. The van der Waals surface area contributed by atoms with Crippen LogP contribution in [0.2, 0.25) is 0 Å². The maximum atomic E-state index is 11.8. The van der Waals surface area contributed by atoms with Crippen LogP contribution in [0, 0.1) is 12.3 Å². The van der Waals surface area contributed by atoms with E-state index >= 15 is 0 Å². The number of nitrogens with zero attached hydrogens (tertiary/aromatic N) is 1. The number of nitrogens with one attached hydrogen (secondary N) is 1. The first-order valence-electron chi connectivity index (χ1n) is 5.32. The van der Waals surface area contributed by atoms with Crippen molar-refractivity contribution in [1.82, 2.24) is 10.3 Å². The first-order chi connectivity index (χ1) is 7.90. The van der Waals surface area contributed by atoms with Crippen LogP contribution in [0.3, 0.4) is 0 Å². The number of aryl methyl sites for hydroxylation is 1. The predicted molar refractivity (Wildman–Crippen MR) is 65.2 cm³/mol. The zero-order chi connectivity index (χ0) is 13.1. The standard InChI is InChI=1S/C11H16N2O3S/c1-4-11(3,10(15)16)5-12-9(14)8-7(2)13-6-17-8/h6H,4-5H2,1-3H3,(H,12,14)(H,15,16). The summed E-state index contributed by atoms with van der Waals surface area (Å²) in [5.74, 6) is -1.16. The smallest absolute Gasteiger partial charge is 0.311 e. The molecule has 0 fully saturated rings. The summed E-state index contributed by atoms with van der Waals surface area (Å²) in [4.78, 5) is 27.4. The number of carboxylic acids is 1. The highest BCUT2D eigenvalue weighted by Gasteiger charge is 2.31. The zero-order valence-electron chi connectivity index (χ0n) is 10.1. The summed E-state index contributed by atoms with van der Waals surface area (Å²) in [5.41, 5.74) is 1.34. The van der Waals surface area contributed by atoms with Gasteiger partial charge in [-0.3, -0.25) is 9.59 Å². The van der Waals surface area contributed by atoms with E-state index in [0.717, 1.165) is 0 Å². The van der Waals surface area contributed by atoms with Crippen LogP contribution in [0.25, 0.3) is 0 Å². The number of hydrogen-bond donors (Lipinski definition) is 2. The Balaban J connectivity index is 2.66. The SMILES string of the molecule is CCC(C)(CNC(=O)c1scnc1C)C(=O)O. The molecule has 1 unspecified atom stereocenters. The molecule has 1 aromatic rings. The zero-order valence-corrected chi connectivity index (χ0v) is 10.9. The monoisotopic (exact) mass is 256 g/mol. The average Bonchev–Trinajstić information content (AvgIpc) is 2.71. The van der Waals surface area contributed by atoms with Gasteiger partial charge >= 0.3 is 5.97 Å². The molecule has 94 valence electrons. The first kappa shape index (κ1) is 13.6. The Labute approximate surface area is 104 Å². The molecule has 1 heterocycles. The molecule has 0 spiro atoms. The van der Waals surface area contributed by atoms with Crippen LogP contribution in [-0.4, -0.2) is 28.5 Å². The maximum absolute atomic E-state index is 11.8. The lowest BCUT2D eigenvalue weighted by Crippen LogP contribution is -2.40. The molecule has 6 heteroatoms. The van der Waals surface area contributed by atoms with Crippen molar-refractivity contribution in [3.8, 4) is 0 Å². The van der Waals surface area contributed by atoms with Crippen LogP contribution >= 0.6 is 11.3 Å². The van der Waals surface area contributed by atoms with Gasteiger partial charge in [-0.1, -0.05) is 6.92 Å². The van der Waals surface area contributed by atoms with Crippen molar-refractivity contribution in [3.63, 3.8) is 0 Å². The molecule has 0 aromatic carbocycles. The van der Waals surface area contributed by atoms with Gasteiger partial charge in [-0.2, -0.15) is 0 Å². The van der Waals surface area contributed by atoms with Crippen molar-refractivity contribution in [2.24, 2.45) is 5.41 Å². The molecule has 2 N–H and O–H groups in total. The maximum Gasteiger partial charge on any atom is 0.311 e. The second kappa shape index (κ2) is 5.27. The second-order valence-electron chi connectivity index (χ2n) is 4.17. The van der Waals surface area contributed by atoms with E-state index in [1.165, 1.54) is 11.3 Å². The van der Waals surface area contributed by atoms with Crippen LogP contribution in [0.4, 0.5) is 0 Å². The molecule has 1 atom stereocenters. The molecule has 17 heavy (non-hydrogen) atoms. The summed E-state index contributed by atoms with van der Waals surface area (Å²) in [6.07, 6.45) is 0.463. The van der Waals surface area contributed by atoms with Crippen molar-refractivity contribution in [2.75, 3.05) is 6.54 Å². The quantitative estimate of drug-likeness (QED) is 0.840. The Morgan fingerprint density at radius 2 is 2.24 bits per heavy atom. The van der Waals surface area contributed by atoms with Gasteiger partial charge in [0.25, 0.3) is 5.91 Å². The van der Waals surface area contributed by atoms with Gasteiger partial charge in [0.2, 0.25) is 0 Å². The van der Waals surface area contributed by atoms with Crippen LogP contribution in [0.5, 0.6) is 0 Å². The van der Waals surface area contributed by atoms with Crippen LogP contribution in [-0.2, 0) is 4.79 Å². The minimum absolute atomic E-state index is 0.120. The van der Waals surface area contributed by atoms with E-state index in [4.69, 9.17) is 5.11 Å². The molecule has 0 bridgehead atoms. The number of rotatable bonds is 5. The van der Waals surface area contributed by atoms with Gasteiger partial charge < -0.3 is 10.4 Å². The van der Waals surface area contributed by atoms with Gasteiger partial charge in [-0.25, -0.2) is 4.98 Å². The molecule has 0 radical (unpaired) electrons. The summed E-state index contributed by atoms with van der Waals surface area (Å²) in [6, 6.07) is 0. The van der Waals surface area contributed by atoms with Crippen molar-refractivity contribution in [3.05, 3.63) is 16.1 Å². The first-order valence-corrected chi connectivity index (χ1v) is 6.20. The lowest BCUT2D eigenvalue weighted by Gasteiger charge is -2.22. The third-order valence-corrected chi connectivity index (χ3v) is 3.81. The van der Waals surface area contributed by atoms with Gasteiger partial charge in [-0.15, -0.1) is 11.3 Å². The summed E-state index contributed by atoms with van der Waals surface area (Å²) in [6.45, 7) is 5.28. The number of hydrogen-bond acceptors (Lipinski definition) is 4. The van der Waals surface area contributed by atoms with Gasteiger partial charge in [0, 0.05) is 6.54 Å². The van der Waals surface area contributed by atoms with E-state index in [9.17, 15) is 9.59 Å². The van der Waals surface area contributed by atoms with E-state index in [2.05, 4.69) is 10.3 Å². The number of amides is 1. The minimum atomic E-state index is -0.922. The van der Waals surface area contributed by atoms with E-state index < -0.39 is 11.4 Å². The minimum Gasteiger partial charge on any atom is -0.481 e. The van der Waals surface area contributed by atoms with E-state index in [0.29, 0.717) is 17.0 Å². The molecule has 0 aliphatic carbocycles. The normalized spacial score (nSPS) is 14.1. The molecule has 5 nitrogen and oxygen atoms in total. The molecule has 0 aliphatic rings. The Morgan fingerprint density at radius 3 is 2.65 bits per heavy atom. The van der Waals surface area contributed by atoms with Gasteiger partial charge in [0.05, 0.1) is 16.6 Å². The fourth-order valence-corrected chi connectivity index (χ4v) is 1.95. The van der Waals surface area contributed by atoms with Crippen molar-refractivity contribution >= 4 is 23.2 Å². The topological polar surface area (TPSA) is 79.3 Å². The number of carbonyl (C=O) groups excluding carboxylic acids is 1.